The van der Waals surface area contributed by atoms with E-state index < -0.39 is 18.6 Å². The lowest BCUT2D eigenvalue weighted by Gasteiger charge is -2.04. The third-order valence-corrected chi connectivity index (χ3v) is 2.08. The molecular weight excluding hydrogens is 217 g/mol. The molecule has 0 aliphatic heterocycles. The Morgan fingerprint density at radius 3 is 2.38 bits per heavy atom. The van der Waals surface area contributed by atoms with Gasteiger partial charge in [0.15, 0.2) is 5.78 Å². The van der Waals surface area contributed by atoms with Crippen LogP contribution < -0.4 is 0 Å². The van der Waals surface area contributed by atoms with Gasteiger partial charge in [0, 0.05) is 12.8 Å². The molecule has 0 fully saturated rings. The van der Waals surface area contributed by atoms with Crippen molar-refractivity contribution in [2.75, 3.05) is 0 Å². The van der Waals surface area contributed by atoms with Crippen molar-refractivity contribution in [3.63, 3.8) is 0 Å². The van der Waals surface area contributed by atoms with Gasteiger partial charge in [0.2, 0.25) is 6.43 Å². The largest absolute Gasteiger partial charge is 0.294 e. The van der Waals surface area contributed by atoms with E-state index in [1.807, 2.05) is 0 Å². The average Bonchev–Trinajstić information content (AvgIpc) is 2.29. The minimum atomic E-state index is -2.54. The number of hydrogen-bond donors (Lipinski definition) is 0. The average molecular weight is 228 g/mol. The van der Waals surface area contributed by atoms with Crippen LogP contribution in [-0.2, 0) is 4.79 Å². The number of halogens is 3. The van der Waals surface area contributed by atoms with Crippen LogP contribution in [0.3, 0.4) is 0 Å². The third-order valence-electron chi connectivity index (χ3n) is 2.08. The SMILES string of the molecule is O=C(CCC(F)F)/C(=C/F)c1ccccc1. The second-order valence-electron chi connectivity index (χ2n) is 3.24. The highest BCUT2D eigenvalue weighted by Crippen LogP contribution is 2.18. The van der Waals surface area contributed by atoms with Crippen LogP contribution in [0.5, 0.6) is 0 Å². The first kappa shape index (κ1) is 12.5. The quantitative estimate of drug-likeness (QED) is 0.703. The summed E-state index contributed by atoms with van der Waals surface area (Å²) in [6, 6.07) is 8.15. The Bertz CT molecular complexity index is 371. The van der Waals surface area contributed by atoms with Crippen LogP contribution in [0.25, 0.3) is 5.57 Å². The number of ketones is 1. The summed E-state index contributed by atoms with van der Waals surface area (Å²) < 4.78 is 36.3. The normalized spacial score (nSPS) is 11.9. The van der Waals surface area contributed by atoms with E-state index in [0.29, 0.717) is 5.56 Å². The highest BCUT2D eigenvalue weighted by molar-refractivity contribution is 6.20. The molecule has 1 aromatic rings. The Morgan fingerprint density at radius 1 is 1.25 bits per heavy atom. The van der Waals surface area contributed by atoms with Crippen LogP contribution in [0.2, 0.25) is 0 Å². The molecule has 86 valence electrons. The van der Waals surface area contributed by atoms with Gasteiger partial charge in [-0.15, -0.1) is 0 Å². The molecule has 4 heteroatoms. The fourth-order valence-corrected chi connectivity index (χ4v) is 1.28. The Kier molecular flexibility index (Phi) is 4.76. The highest BCUT2D eigenvalue weighted by atomic mass is 19.3. The molecule has 0 radical (unpaired) electrons. The van der Waals surface area contributed by atoms with Gasteiger partial charge < -0.3 is 0 Å². The zero-order valence-corrected chi connectivity index (χ0v) is 8.50. The van der Waals surface area contributed by atoms with Crippen LogP contribution in [0.4, 0.5) is 13.2 Å². The van der Waals surface area contributed by atoms with Crippen LogP contribution in [0.15, 0.2) is 36.7 Å². The van der Waals surface area contributed by atoms with Crippen LogP contribution in [0, 0.1) is 0 Å². The van der Waals surface area contributed by atoms with Gasteiger partial charge in [-0.05, 0) is 5.56 Å². The van der Waals surface area contributed by atoms with Crippen LogP contribution in [0.1, 0.15) is 18.4 Å². The maximum atomic E-state index is 12.5. The molecule has 0 N–H and O–H groups in total. The topological polar surface area (TPSA) is 17.1 Å². The second-order valence-corrected chi connectivity index (χ2v) is 3.24. The van der Waals surface area contributed by atoms with Crippen molar-refractivity contribution in [2.45, 2.75) is 19.3 Å². The first-order valence-electron chi connectivity index (χ1n) is 4.82. The van der Waals surface area contributed by atoms with Crippen molar-refractivity contribution in [1.82, 2.24) is 0 Å². The molecular formula is C12H11F3O. The summed E-state index contributed by atoms with van der Waals surface area (Å²) in [7, 11) is 0. The van der Waals surface area contributed by atoms with Crippen molar-refractivity contribution in [3.05, 3.63) is 42.2 Å². The molecule has 0 heterocycles. The van der Waals surface area contributed by atoms with Gasteiger partial charge in [-0.2, -0.15) is 0 Å². The smallest absolute Gasteiger partial charge is 0.239 e. The van der Waals surface area contributed by atoms with Gasteiger partial charge in [0.25, 0.3) is 0 Å². The Hall–Kier alpha value is -1.58. The summed E-state index contributed by atoms with van der Waals surface area (Å²) in [6.45, 7) is 0. The predicted octanol–water partition coefficient (Wildman–Crippen LogP) is 3.61. The van der Waals surface area contributed by atoms with Crippen molar-refractivity contribution < 1.29 is 18.0 Å². The summed E-state index contributed by atoms with van der Waals surface area (Å²) in [5, 5.41) is 0. The molecule has 0 aliphatic rings. The van der Waals surface area contributed by atoms with E-state index in [1.54, 1.807) is 30.3 Å². The van der Waals surface area contributed by atoms with Gasteiger partial charge in [0.1, 0.15) is 0 Å². The minimum absolute atomic E-state index is 0.152. The molecule has 0 saturated carbocycles. The van der Waals surface area contributed by atoms with Crippen molar-refractivity contribution in [3.8, 4) is 0 Å². The van der Waals surface area contributed by atoms with E-state index in [9.17, 15) is 18.0 Å². The molecule has 0 atom stereocenters. The van der Waals surface area contributed by atoms with Crippen LogP contribution in [-0.4, -0.2) is 12.2 Å². The van der Waals surface area contributed by atoms with Gasteiger partial charge in [0.05, 0.1) is 11.9 Å². The molecule has 0 amide bonds. The van der Waals surface area contributed by atoms with E-state index >= 15 is 0 Å². The monoisotopic (exact) mass is 228 g/mol. The zero-order valence-electron chi connectivity index (χ0n) is 8.50. The Labute approximate surface area is 91.6 Å². The fourth-order valence-electron chi connectivity index (χ4n) is 1.28. The molecule has 1 nitrogen and oxygen atoms in total. The number of carbonyl (C=O) groups excluding carboxylic acids is 1. The standard InChI is InChI=1S/C12H11F3O/c13-8-10(9-4-2-1-3-5-9)11(16)6-7-12(14)15/h1-5,8,12H,6-7H2/b10-8+. The van der Waals surface area contributed by atoms with Crippen molar-refractivity contribution in [1.29, 1.82) is 0 Å². The van der Waals surface area contributed by atoms with E-state index in [4.69, 9.17) is 0 Å². The van der Waals surface area contributed by atoms with E-state index in [0.717, 1.165) is 0 Å². The number of hydrogen-bond acceptors (Lipinski definition) is 1. The molecule has 1 aromatic carbocycles. The van der Waals surface area contributed by atoms with Gasteiger partial charge in [-0.3, -0.25) is 4.79 Å². The summed E-state index contributed by atoms with van der Waals surface area (Å²) in [5.74, 6) is -0.603. The lowest BCUT2D eigenvalue weighted by atomic mass is 10.0. The summed E-state index contributed by atoms with van der Waals surface area (Å²) in [6.07, 6.45) is -3.25. The maximum Gasteiger partial charge on any atom is 0.239 e. The third kappa shape index (κ3) is 3.53. The maximum absolute atomic E-state index is 12.5. The van der Waals surface area contributed by atoms with Crippen LogP contribution >= 0.6 is 0 Å². The lowest BCUT2D eigenvalue weighted by molar-refractivity contribution is -0.114. The zero-order chi connectivity index (χ0) is 12.0. The van der Waals surface area contributed by atoms with Crippen molar-refractivity contribution in [2.24, 2.45) is 0 Å². The molecule has 0 spiro atoms. The Morgan fingerprint density at radius 2 is 1.88 bits per heavy atom. The molecule has 0 aliphatic carbocycles. The Balaban J connectivity index is 2.73. The number of Topliss-reactive ketones (excluding diaryl/α,β-unsaturated/α-hetero) is 1. The van der Waals surface area contributed by atoms with Crippen molar-refractivity contribution >= 4 is 11.4 Å². The van der Waals surface area contributed by atoms with E-state index in [1.165, 1.54) is 0 Å². The first-order valence-corrected chi connectivity index (χ1v) is 4.82. The predicted molar refractivity (Wildman–Crippen MR) is 55.8 cm³/mol. The van der Waals surface area contributed by atoms with Gasteiger partial charge >= 0.3 is 0 Å². The molecule has 0 bridgehead atoms. The minimum Gasteiger partial charge on any atom is -0.294 e. The second kappa shape index (κ2) is 6.10. The molecule has 0 saturated heterocycles. The molecule has 1 rings (SSSR count). The van der Waals surface area contributed by atoms with Gasteiger partial charge in [-0.25, -0.2) is 13.2 Å². The molecule has 0 aromatic heterocycles. The highest BCUT2D eigenvalue weighted by Gasteiger charge is 2.14. The van der Waals surface area contributed by atoms with E-state index in [-0.39, 0.29) is 18.3 Å². The summed E-state index contributed by atoms with van der Waals surface area (Å²) in [4.78, 5) is 11.4. The summed E-state index contributed by atoms with van der Waals surface area (Å²) >= 11 is 0. The van der Waals surface area contributed by atoms with Gasteiger partial charge in [-0.1, -0.05) is 30.3 Å². The molecule has 0 unspecified atom stereocenters. The fraction of sp³-hybridized carbons (Fsp3) is 0.250. The number of benzene rings is 1. The lowest BCUT2D eigenvalue weighted by Crippen LogP contribution is -2.04. The molecule has 16 heavy (non-hydrogen) atoms. The first-order chi connectivity index (χ1) is 7.65. The number of rotatable bonds is 5. The number of carbonyl (C=O) groups is 1. The number of alkyl halides is 2. The van der Waals surface area contributed by atoms with E-state index in [2.05, 4.69) is 0 Å². The number of allylic oxidation sites excluding steroid dienone is 1. The summed E-state index contributed by atoms with van der Waals surface area (Å²) in [5.41, 5.74) is 0.255.